The maximum absolute atomic E-state index is 4.00. The molecule has 0 unspecified atom stereocenters. The highest BCUT2D eigenvalue weighted by Crippen LogP contribution is 0.690. The third kappa shape index (κ3) is 103. The lowest BCUT2D eigenvalue weighted by Crippen LogP contribution is -2.02. The summed E-state index contributed by atoms with van der Waals surface area (Å²) in [6.07, 6.45) is 0. The van der Waals surface area contributed by atoms with Crippen LogP contribution in [-0.2, 0) is 0 Å². The van der Waals surface area contributed by atoms with Crippen molar-refractivity contribution in [2.45, 2.75) is 0 Å². The lowest BCUT2D eigenvalue weighted by molar-refractivity contribution is 0.824. The molecule has 3 nitrogen and oxygen atoms in total. The van der Waals surface area contributed by atoms with E-state index in [1.807, 2.05) is 0 Å². The third-order valence-electron chi connectivity index (χ3n) is 0. The van der Waals surface area contributed by atoms with Crippen molar-refractivity contribution in [2.24, 2.45) is 11.7 Å². The van der Waals surface area contributed by atoms with Crippen LogP contribution in [0.25, 0.3) is 0 Å². The first-order chi connectivity index (χ1) is 1.00. The number of rotatable bonds is 0. The molecule has 0 aliphatic heterocycles. The lowest BCUT2D eigenvalue weighted by atomic mass is 13.0. The molecule has 0 saturated carbocycles. The van der Waals surface area contributed by atoms with Gasteiger partial charge in [0.15, 0.2) is 0 Å². The summed E-state index contributed by atoms with van der Waals surface area (Å²) in [5, 5.41) is 0. The Morgan fingerprint density at radius 3 is 1.00 bits per heavy atom. The monoisotopic (exact) mass is 86.0 g/mol. The van der Waals surface area contributed by atoms with Crippen molar-refractivity contribution in [3.05, 3.63) is 0 Å². The first-order valence-electron chi connectivity index (χ1n) is 0.333. The fraction of sp³-hybridized carbons (Fsp3) is 0. The predicted molar refractivity (Wildman–Crippen MR) is 19.2 cm³/mol. The quantitative estimate of drug-likeness (QED) is 0.275. The average molecular weight is 86.5 g/mol. The van der Waals surface area contributed by atoms with Crippen molar-refractivity contribution < 1.29 is 5.48 Å². The molecule has 30 valence electrons. The molecule has 6 N–H and O–H groups in total. The standard InChI is InChI=1S/ClH.H4N2.H2O/c;1-2;/h1H;1-2H2;1H2. The predicted octanol–water partition coefficient (Wildman–Crippen LogP) is -1.58. The summed E-state index contributed by atoms with van der Waals surface area (Å²) >= 11 is 0. The molecule has 0 fully saturated rings. The summed E-state index contributed by atoms with van der Waals surface area (Å²) in [5.41, 5.74) is 0. The summed E-state index contributed by atoms with van der Waals surface area (Å²) in [5.74, 6) is 8.00. The minimum Gasteiger partial charge on any atom is -0.412 e. The van der Waals surface area contributed by atoms with Crippen molar-refractivity contribution in [1.29, 1.82) is 0 Å². The van der Waals surface area contributed by atoms with Crippen LogP contribution in [-0.4, -0.2) is 5.48 Å². The Bertz CT molecular complexity index is 6.00. The fourth-order valence-corrected chi connectivity index (χ4v) is 0. The van der Waals surface area contributed by atoms with Gasteiger partial charge in [-0.25, -0.2) is 0 Å². The highest BCUT2D eigenvalue weighted by atomic mass is 35.5. The first-order valence-corrected chi connectivity index (χ1v) is 0.333. The molecule has 0 aromatic heterocycles. The zero-order chi connectivity index (χ0) is 2.00. The molecule has 4 heavy (non-hydrogen) atoms. The number of halogens is 1. The van der Waals surface area contributed by atoms with E-state index in [0.717, 1.165) is 0 Å². The highest BCUT2D eigenvalue weighted by Gasteiger charge is 0.726. The van der Waals surface area contributed by atoms with Crippen LogP contribution in [0.3, 0.4) is 0 Å². The molecule has 0 aromatic rings. The first kappa shape index (κ1) is 30.6. The van der Waals surface area contributed by atoms with Crippen molar-refractivity contribution in [2.75, 3.05) is 0 Å². The average Bonchev–Trinajstić information content (AvgIpc) is 1.00. The Hall–Kier alpha value is 0.170. The number of hydrazine groups is 1. The highest BCUT2D eigenvalue weighted by molar-refractivity contribution is 5.85. The molecule has 0 heterocycles. The maximum atomic E-state index is 4.00. The number of nitrogens with two attached hydrogens (primary N) is 2. The van der Waals surface area contributed by atoms with Gasteiger partial charge >= 0.3 is 0 Å². The molecule has 4 heteroatoms. The molecule has 0 spiro atoms. The van der Waals surface area contributed by atoms with E-state index in [1.54, 1.807) is 0 Å². The molecule has 0 aliphatic rings. The second kappa shape index (κ2) is 517. The Kier molecular flexibility index (Phi) is 3950. The van der Waals surface area contributed by atoms with Gasteiger partial charge in [-0.15, -0.1) is 12.4 Å². The molecule has 0 radical (unpaired) electrons. The third-order valence-corrected chi connectivity index (χ3v) is 0. The van der Waals surface area contributed by atoms with Gasteiger partial charge in [-0.2, -0.15) is 0 Å². The van der Waals surface area contributed by atoms with Gasteiger partial charge in [0.05, 0.1) is 0 Å². The molecule has 0 aromatic carbocycles. The van der Waals surface area contributed by atoms with Gasteiger partial charge in [0.2, 0.25) is 0 Å². The van der Waals surface area contributed by atoms with Crippen molar-refractivity contribution >= 4 is 12.4 Å². The van der Waals surface area contributed by atoms with Crippen molar-refractivity contribution in [3.63, 3.8) is 0 Å². The molecule has 0 saturated heterocycles. The SMILES string of the molecule is Cl.NN.O. The Balaban J connectivity index is -0.00000000500. The zero-order valence-corrected chi connectivity index (χ0v) is 2.88. The van der Waals surface area contributed by atoms with Crippen LogP contribution < -0.4 is 11.7 Å². The lowest BCUT2D eigenvalue weighted by Gasteiger charge is -1.27. The van der Waals surface area contributed by atoms with Crippen LogP contribution in [0.2, 0.25) is 0 Å². The van der Waals surface area contributed by atoms with Crippen LogP contribution in [0.15, 0.2) is 0 Å². The molecule has 0 aliphatic carbocycles. The van der Waals surface area contributed by atoms with Crippen molar-refractivity contribution in [3.8, 4) is 0 Å². The Labute approximate surface area is 30.7 Å². The van der Waals surface area contributed by atoms with E-state index in [9.17, 15) is 0 Å². The van der Waals surface area contributed by atoms with Crippen LogP contribution in [0.4, 0.5) is 0 Å². The molecule has 0 rings (SSSR count). The van der Waals surface area contributed by atoms with Gasteiger partial charge in [0.25, 0.3) is 0 Å². The van der Waals surface area contributed by atoms with Gasteiger partial charge in [-0.05, 0) is 0 Å². The normalized spacial score (nSPS) is 1.50. The second-order valence-corrected chi connectivity index (χ2v) is 0. The van der Waals surface area contributed by atoms with Gasteiger partial charge < -0.3 is 5.48 Å². The Morgan fingerprint density at radius 1 is 1.00 bits per heavy atom. The number of hydrogen-bond acceptors (Lipinski definition) is 2. The van der Waals surface area contributed by atoms with E-state index >= 15 is 0 Å². The summed E-state index contributed by atoms with van der Waals surface area (Å²) in [4.78, 5) is 0. The molecule has 0 bridgehead atoms. The minimum atomic E-state index is 0. The molecular weight excluding hydrogens is 79.5 g/mol. The molecule has 0 amide bonds. The minimum absolute atomic E-state index is 0. The van der Waals surface area contributed by atoms with Crippen LogP contribution in [0.1, 0.15) is 0 Å². The summed E-state index contributed by atoms with van der Waals surface area (Å²) in [7, 11) is 0. The topological polar surface area (TPSA) is 83.5 Å². The molecular formula is H7ClN2O. The molecule has 0 atom stereocenters. The van der Waals surface area contributed by atoms with E-state index in [4.69, 9.17) is 0 Å². The zero-order valence-electron chi connectivity index (χ0n) is 2.06. The summed E-state index contributed by atoms with van der Waals surface area (Å²) < 4.78 is 0. The summed E-state index contributed by atoms with van der Waals surface area (Å²) in [6, 6.07) is 0. The van der Waals surface area contributed by atoms with Gasteiger partial charge in [-0.1, -0.05) is 0 Å². The van der Waals surface area contributed by atoms with E-state index in [2.05, 4.69) is 11.7 Å². The second-order valence-electron chi connectivity index (χ2n) is 0. The van der Waals surface area contributed by atoms with E-state index < -0.39 is 0 Å². The van der Waals surface area contributed by atoms with Gasteiger partial charge in [0.1, 0.15) is 0 Å². The van der Waals surface area contributed by atoms with Crippen LogP contribution in [0, 0.1) is 0 Å². The Morgan fingerprint density at radius 2 is 1.00 bits per heavy atom. The van der Waals surface area contributed by atoms with Gasteiger partial charge in [0, 0.05) is 0 Å². The smallest absolute Gasteiger partial charge is 0.147 e. The van der Waals surface area contributed by atoms with Crippen LogP contribution in [0.5, 0.6) is 0 Å². The van der Waals surface area contributed by atoms with Gasteiger partial charge in [-0.3, -0.25) is 11.7 Å². The number of hydrogen-bond donors (Lipinski definition) is 2. The van der Waals surface area contributed by atoms with E-state index in [1.165, 1.54) is 0 Å². The van der Waals surface area contributed by atoms with E-state index in [-0.39, 0.29) is 17.9 Å². The fourth-order valence-electron chi connectivity index (χ4n) is 0. The van der Waals surface area contributed by atoms with E-state index in [0.29, 0.717) is 0 Å². The summed E-state index contributed by atoms with van der Waals surface area (Å²) in [6.45, 7) is 0. The largest absolute Gasteiger partial charge is 0.412 e. The van der Waals surface area contributed by atoms with Crippen LogP contribution >= 0.6 is 12.4 Å². The van der Waals surface area contributed by atoms with Crippen molar-refractivity contribution in [1.82, 2.24) is 0 Å². The maximum Gasteiger partial charge on any atom is -0.147 e.